The Morgan fingerprint density at radius 2 is 1.82 bits per heavy atom. The second-order valence-corrected chi connectivity index (χ2v) is 7.41. The van der Waals surface area contributed by atoms with Crippen molar-refractivity contribution in [2.75, 3.05) is 18.0 Å². The van der Waals surface area contributed by atoms with Gasteiger partial charge in [0.2, 0.25) is 5.91 Å². The van der Waals surface area contributed by atoms with Gasteiger partial charge in [-0.1, -0.05) is 33.8 Å². The Bertz CT molecular complexity index is 506. The molecular formula is C18H29N3O. The molecule has 0 aliphatic carbocycles. The highest BCUT2D eigenvalue weighted by molar-refractivity contribution is 5.77. The van der Waals surface area contributed by atoms with E-state index in [4.69, 9.17) is 0 Å². The molecular weight excluding hydrogens is 274 g/mol. The van der Waals surface area contributed by atoms with Crippen LogP contribution in [-0.4, -0.2) is 41.0 Å². The molecule has 0 aromatic carbocycles. The number of carbonyl (C=O) groups is 1. The standard InChI is InChI=1S/C18H29N3O/c1-7-17(22)21-13(2)11-20(12-14(21)3)16-9-8-15(10-19-16)18(4,5)6/h8-10,13-14H,7,11-12H2,1-6H3/t13-,14+. The fraction of sp³-hybridized carbons (Fsp3) is 0.667. The van der Waals surface area contributed by atoms with Gasteiger partial charge in [0.1, 0.15) is 5.82 Å². The van der Waals surface area contributed by atoms with Crippen LogP contribution in [0.2, 0.25) is 0 Å². The van der Waals surface area contributed by atoms with Crippen LogP contribution in [0.5, 0.6) is 0 Å². The van der Waals surface area contributed by atoms with E-state index in [1.165, 1.54) is 5.56 Å². The van der Waals surface area contributed by atoms with Crippen molar-refractivity contribution in [3.05, 3.63) is 23.9 Å². The van der Waals surface area contributed by atoms with Crippen molar-refractivity contribution in [1.29, 1.82) is 0 Å². The van der Waals surface area contributed by atoms with Gasteiger partial charge < -0.3 is 9.80 Å². The summed E-state index contributed by atoms with van der Waals surface area (Å²) in [6.45, 7) is 14.5. The Morgan fingerprint density at radius 3 is 2.23 bits per heavy atom. The molecule has 22 heavy (non-hydrogen) atoms. The predicted molar refractivity (Wildman–Crippen MR) is 91.2 cm³/mol. The van der Waals surface area contributed by atoms with Gasteiger partial charge >= 0.3 is 0 Å². The minimum Gasteiger partial charge on any atom is -0.353 e. The fourth-order valence-corrected chi connectivity index (χ4v) is 3.20. The molecule has 0 saturated carbocycles. The van der Waals surface area contributed by atoms with Crippen LogP contribution in [0.3, 0.4) is 0 Å². The summed E-state index contributed by atoms with van der Waals surface area (Å²) < 4.78 is 0. The van der Waals surface area contributed by atoms with Gasteiger partial charge in [-0.2, -0.15) is 0 Å². The number of hydrogen-bond acceptors (Lipinski definition) is 3. The van der Waals surface area contributed by atoms with Gasteiger partial charge in [-0.05, 0) is 30.9 Å². The van der Waals surface area contributed by atoms with E-state index in [0.717, 1.165) is 18.9 Å². The molecule has 1 aliphatic heterocycles. The maximum absolute atomic E-state index is 12.1. The molecule has 0 unspecified atom stereocenters. The van der Waals surface area contributed by atoms with E-state index >= 15 is 0 Å². The monoisotopic (exact) mass is 303 g/mol. The van der Waals surface area contributed by atoms with E-state index in [1.54, 1.807) is 0 Å². The summed E-state index contributed by atoms with van der Waals surface area (Å²) in [4.78, 5) is 21.0. The summed E-state index contributed by atoms with van der Waals surface area (Å²) >= 11 is 0. The van der Waals surface area contributed by atoms with Gasteiger partial charge in [-0.3, -0.25) is 4.79 Å². The van der Waals surface area contributed by atoms with Crippen molar-refractivity contribution >= 4 is 11.7 Å². The number of carbonyl (C=O) groups excluding carboxylic acids is 1. The molecule has 1 fully saturated rings. The second kappa shape index (κ2) is 6.27. The van der Waals surface area contributed by atoms with Gasteiger partial charge in [0.15, 0.2) is 0 Å². The SMILES string of the molecule is CCC(=O)N1[C@H](C)CN(c2ccc(C(C)(C)C)cn2)C[C@@H]1C. The molecule has 4 nitrogen and oxygen atoms in total. The van der Waals surface area contributed by atoms with Crippen LogP contribution in [0.25, 0.3) is 0 Å². The Hall–Kier alpha value is -1.58. The summed E-state index contributed by atoms with van der Waals surface area (Å²) in [5.41, 5.74) is 1.37. The molecule has 122 valence electrons. The normalized spacial score (nSPS) is 22.8. The number of aromatic nitrogens is 1. The van der Waals surface area contributed by atoms with Crippen LogP contribution in [-0.2, 0) is 10.2 Å². The zero-order valence-electron chi connectivity index (χ0n) is 14.8. The fourth-order valence-electron chi connectivity index (χ4n) is 3.20. The molecule has 1 amide bonds. The van der Waals surface area contributed by atoms with Gasteiger partial charge in [0, 0.05) is 37.8 Å². The summed E-state index contributed by atoms with van der Waals surface area (Å²) in [6, 6.07) is 4.72. The van der Waals surface area contributed by atoms with Crippen LogP contribution >= 0.6 is 0 Å². The van der Waals surface area contributed by atoms with Crippen LogP contribution in [0.1, 0.15) is 53.5 Å². The van der Waals surface area contributed by atoms with Crippen LogP contribution < -0.4 is 4.90 Å². The van der Waals surface area contributed by atoms with Gasteiger partial charge in [-0.25, -0.2) is 4.98 Å². The predicted octanol–water partition coefficient (Wildman–Crippen LogP) is 3.21. The number of rotatable bonds is 2. The summed E-state index contributed by atoms with van der Waals surface area (Å²) in [5.74, 6) is 1.26. The van der Waals surface area contributed by atoms with Gasteiger partial charge in [-0.15, -0.1) is 0 Å². The summed E-state index contributed by atoms with van der Waals surface area (Å²) in [7, 11) is 0. The highest BCUT2D eigenvalue weighted by Crippen LogP contribution is 2.25. The van der Waals surface area contributed by atoms with E-state index in [1.807, 2.05) is 18.0 Å². The molecule has 1 saturated heterocycles. The number of piperazine rings is 1. The van der Waals surface area contributed by atoms with Crippen molar-refractivity contribution in [3.63, 3.8) is 0 Å². The molecule has 2 rings (SSSR count). The minimum absolute atomic E-state index is 0.123. The first-order chi connectivity index (χ1) is 10.2. The average molecular weight is 303 g/mol. The number of amides is 1. The third-order valence-corrected chi connectivity index (χ3v) is 4.45. The van der Waals surface area contributed by atoms with Crippen molar-refractivity contribution in [2.45, 2.75) is 65.5 Å². The van der Waals surface area contributed by atoms with E-state index < -0.39 is 0 Å². The third kappa shape index (κ3) is 3.42. The summed E-state index contributed by atoms with van der Waals surface area (Å²) in [6.07, 6.45) is 2.56. The molecule has 1 aromatic heterocycles. The van der Waals surface area contributed by atoms with Gasteiger partial charge in [0.25, 0.3) is 0 Å². The highest BCUT2D eigenvalue weighted by Gasteiger charge is 2.32. The van der Waals surface area contributed by atoms with E-state index in [9.17, 15) is 4.79 Å². The van der Waals surface area contributed by atoms with E-state index in [-0.39, 0.29) is 23.4 Å². The lowest BCUT2D eigenvalue weighted by Crippen LogP contribution is -2.58. The van der Waals surface area contributed by atoms with Gasteiger partial charge in [0.05, 0.1) is 0 Å². The van der Waals surface area contributed by atoms with E-state index in [2.05, 4.69) is 56.6 Å². The Morgan fingerprint density at radius 1 is 1.23 bits per heavy atom. The second-order valence-electron chi connectivity index (χ2n) is 7.41. The van der Waals surface area contributed by atoms with Crippen molar-refractivity contribution in [3.8, 4) is 0 Å². The number of anilines is 1. The molecule has 0 bridgehead atoms. The molecule has 1 aromatic rings. The van der Waals surface area contributed by atoms with Crippen LogP contribution in [0.15, 0.2) is 18.3 Å². The summed E-state index contributed by atoms with van der Waals surface area (Å²) in [5, 5.41) is 0. The zero-order valence-corrected chi connectivity index (χ0v) is 14.8. The molecule has 4 heteroatoms. The first kappa shape index (κ1) is 16.8. The highest BCUT2D eigenvalue weighted by atomic mass is 16.2. The zero-order chi connectivity index (χ0) is 16.5. The lowest BCUT2D eigenvalue weighted by Gasteiger charge is -2.45. The first-order valence-corrected chi connectivity index (χ1v) is 8.26. The largest absolute Gasteiger partial charge is 0.353 e. The Balaban J connectivity index is 2.13. The van der Waals surface area contributed by atoms with Crippen LogP contribution in [0, 0.1) is 0 Å². The van der Waals surface area contributed by atoms with Crippen LogP contribution in [0.4, 0.5) is 5.82 Å². The lowest BCUT2D eigenvalue weighted by atomic mass is 9.88. The Labute approximate surface area is 134 Å². The van der Waals surface area contributed by atoms with Crippen molar-refractivity contribution < 1.29 is 4.79 Å². The molecule has 2 atom stereocenters. The number of hydrogen-bond donors (Lipinski definition) is 0. The average Bonchev–Trinajstić information content (AvgIpc) is 2.45. The maximum atomic E-state index is 12.1. The quantitative estimate of drug-likeness (QED) is 0.842. The maximum Gasteiger partial charge on any atom is 0.222 e. The Kier molecular flexibility index (Phi) is 4.78. The smallest absolute Gasteiger partial charge is 0.222 e. The first-order valence-electron chi connectivity index (χ1n) is 8.26. The van der Waals surface area contributed by atoms with E-state index in [0.29, 0.717) is 6.42 Å². The molecule has 1 aliphatic rings. The topological polar surface area (TPSA) is 36.4 Å². The molecule has 0 spiro atoms. The van der Waals surface area contributed by atoms with Crippen molar-refractivity contribution in [2.24, 2.45) is 0 Å². The lowest BCUT2D eigenvalue weighted by molar-refractivity contribution is -0.135. The number of nitrogens with zero attached hydrogens (tertiary/aromatic N) is 3. The molecule has 0 N–H and O–H groups in total. The molecule has 2 heterocycles. The number of pyridine rings is 1. The minimum atomic E-state index is 0.123. The third-order valence-electron chi connectivity index (χ3n) is 4.45. The molecule has 0 radical (unpaired) electrons. The van der Waals surface area contributed by atoms with Crippen molar-refractivity contribution in [1.82, 2.24) is 9.88 Å².